The predicted molar refractivity (Wildman–Crippen MR) is 76.3 cm³/mol. The summed E-state index contributed by atoms with van der Waals surface area (Å²) in [4.78, 5) is 7.64. The minimum atomic E-state index is -0.352. The molecule has 0 saturated heterocycles. The van der Waals surface area contributed by atoms with Gasteiger partial charge in [0.1, 0.15) is 23.9 Å². The summed E-state index contributed by atoms with van der Waals surface area (Å²) in [5, 5.41) is 3.01. The van der Waals surface area contributed by atoms with Gasteiger partial charge in [-0.3, -0.25) is 0 Å². The van der Waals surface area contributed by atoms with Gasteiger partial charge in [-0.25, -0.2) is 4.39 Å². The smallest absolute Gasteiger partial charge is 0.223 e. The molecule has 0 aliphatic rings. The van der Waals surface area contributed by atoms with Crippen molar-refractivity contribution in [3.63, 3.8) is 0 Å². The van der Waals surface area contributed by atoms with E-state index in [4.69, 9.17) is 27.8 Å². The second-order valence-electron chi connectivity index (χ2n) is 3.87. The van der Waals surface area contributed by atoms with E-state index >= 15 is 0 Å². The first kappa shape index (κ1) is 14.1. The molecule has 0 bridgehead atoms. The molecular weight excluding hydrogens is 285 g/mol. The van der Waals surface area contributed by atoms with E-state index in [1.165, 1.54) is 12.1 Å². The normalized spacial score (nSPS) is 10.3. The van der Waals surface area contributed by atoms with Gasteiger partial charge >= 0.3 is 0 Å². The van der Waals surface area contributed by atoms with Gasteiger partial charge in [-0.15, -0.1) is 0 Å². The van der Waals surface area contributed by atoms with Crippen LogP contribution >= 0.6 is 11.6 Å². The Kier molecular flexibility index (Phi) is 4.41. The predicted octanol–water partition coefficient (Wildman–Crippen LogP) is 1.92. The maximum atomic E-state index is 12.9. The van der Waals surface area contributed by atoms with E-state index in [1.54, 1.807) is 12.1 Å². The van der Waals surface area contributed by atoms with Crippen LogP contribution in [0, 0.1) is 5.82 Å². The topological polar surface area (TPSA) is 99.1 Å². The number of hydrogen-bond acceptors (Lipinski definition) is 6. The summed E-state index contributed by atoms with van der Waals surface area (Å²) in [6, 6.07) is 5.88. The van der Waals surface area contributed by atoms with E-state index in [2.05, 4.69) is 15.3 Å². The Bertz CT molecular complexity index is 610. The van der Waals surface area contributed by atoms with Gasteiger partial charge < -0.3 is 21.5 Å². The highest BCUT2D eigenvalue weighted by molar-refractivity contribution is 6.32. The Morgan fingerprint density at radius 2 is 2.10 bits per heavy atom. The molecule has 0 spiro atoms. The molecule has 2 rings (SSSR count). The number of aromatic nitrogens is 2. The van der Waals surface area contributed by atoms with Gasteiger partial charge in [-0.2, -0.15) is 9.97 Å². The summed E-state index contributed by atoms with van der Waals surface area (Å²) in [7, 11) is 0. The Hall–Kier alpha value is -2.28. The number of ether oxygens (including phenoxy) is 1. The third-order valence-corrected chi connectivity index (χ3v) is 2.66. The van der Waals surface area contributed by atoms with Crippen molar-refractivity contribution in [2.45, 2.75) is 0 Å². The van der Waals surface area contributed by atoms with Crippen LogP contribution in [0.5, 0.6) is 5.75 Å². The fourth-order valence-electron chi connectivity index (χ4n) is 1.49. The molecule has 0 amide bonds. The maximum absolute atomic E-state index is 12.9. The third-order valence-electron chi connectivity index (χ3n) is 2.38. The van der Waals surface area contributed by atoms with Crippen molar-refractivity contribution in [3.8, 4) is 5.75 Å². The lowest BCUT2D eigenvalue weighted by atomic mass is 10.3. The van der Waals surface area contributed by atoms with Gasteiger partial charge in [-0.05, 0) is 12.1 Å². The molecule has 5 N–H and O–H groups in total. The van der Waals surface area contributed by atoms with Crippen molar-refractivity contribution in [2.24, 2.45) is 0 Å². The van der Waals surface area contributed by atoms with E-state index in [1.807, 2.05) is 0 Å². The fraction of sp³-hybridized carbons (Fsp3) is 0.167. The van der Waals surface area contributed by atoms with Crippen molar-refractivity contribution in [3.05, 3.63) is 35.2 Å². The summed E-state index contributed by atoms with van der Waals surface area (Å²) >= 11 is 5.78. The second-order valence-corrected chi connectivity index (χ2v) is 4.23. The lowest BCUT2D eigenvalue weighted by Crippen LogP contribution is -2.15. The van der Waals surface area contributed by atoms with Gasteiger partial charge in [0.25, 0.3) is 0 Å². The largest absolute Gasteiger partial charge is 0.492 e. The Balaban J connectivity index is 1.87. The van der Waals surface area contributed by atoms with Gasteiger partial charge in [0, 0.05) is 6.07 Å². The van der Waals surface area contributed by atoms with Crippen LogP contribution in [-0.2, 0) is 0 Å². The molecule has 0 aliphatic heterocycles. The third kappa shape index (κ3) is 3.61. The molecule has 106 valence electrons. The Morgan fingerprint density at radius 1 is 1.30 bits per heavy atom. The van der Waals surface area contributed by atoms with Crippen LogP contribution in [0.25, 0.3) is 0 Å². The molecule has 1 heterocycles. The van der Waals surface area contributed by atoms with E-state index in [0.717, 1.165) is 0 Å². The summed E-state index contributed by atoms with van der Waals surface area (Å²) in [6.07, 6.45) is 0. The zero-order chi connectivity index (χ0) is 14.5. The van der Waals surface area contributed by atoms with Crippen LogP contribution in [0.2, 0.25) is 5.15 Å². The number of anilines is 3. The van der Waals surface area contributed by atoms with E-state index in [9.17, 15) is 4.39 Å². The lowest BCUT2D eigenvalue weighted by molar-refractivity contribution is 0.331. The minimum absolute atomic E-state index is 0.0257. The second kappa shape index (κ2) is 6.25. The van der Waals surface area contributed by atoms with Gasteiger partial charge in [0.15, 0.2) is 11.0 Å². The monoisotopic (exact) mass is 297 g/mol. The first-order valence-corrected chi connectivity index (χ1v) is 6.15. The highest BCUT2D eigenvalue weighted by atomic mass is 35.5. The van der Waals surface area contributed by atoms with E-state index in [-0.39, 0.29) is 22.6 Å². The molecule has 0 atom stereocenters. The number of nitrogens with two attached hydrogens (primary N) is 2. The van der Waals surface area contributed by atoms with Gasteiger partial charge in [-0.1, -0.05) is 17.7 Å². The van der Waals surface area contributed by atoms with Crippen molar-refractivity contribution >= 4 is 29.1 Å². The number of nitrogens with zero attached hydrogens (tertiary/aromatic N) is 2. The minimum Gasteiger partial charge on any atom is -0.492 e. The van der Waals surface area contributed by atoms with Crippen molar-refractivity contribution < 1.29 is 9.13 Å². The van der Waals surface area contributed by atoms with Crippen molar-refractivity contribution in [2.75, 3.05) is 29.9 Å². The summed E-state index contributed by atoms with van der Waals surface area (Å²) in [6.45, 7) is 0.692. The molecule has 0 radical (unpaired) electrons. The zero-order valence-electron chi connectivity index (χ0n) is 10.4. The SMILES string of the molecule is Nc1nc(Cl)c(N)c(NCCOc2cccc(F)c2)n1. The number of benzene rings is 1. The van der Waals surface area contributed by atoms with Crippen LogP contribution < -0.4 is 21.5 Å². The van der Waals surface area contributed by atoms with Gasteiger partial charge in [0.05, 0.1) is 6.54 Å². The first-order chi connectivity index (χ1) is 9.56. The summed E-state index contributed by atoms with van der Waals surface area (Å²) in [5.41, 5.74) is 11.4. The van der Waals surface area contributed by atoms with Crippen LogP contribution in [-0.4, -0.2) is 23.1 Å². The summed E-state index contributed by atoms with van der Waals surface area (Å²) < 4.78 is 18.3. The maximum Gasteiger partial charge on any atom is 0.223 e. The quantitative estimate of drug-likeness (QED) is 0.576. The number of nitrogens with one attached hydrogen (secondary N) is 1. The van der Waals surface area contributed by atoms with Crippen LogP contribution in [0.4, 0.5) is 21.8 Å². The number of rotatable bonds is 5. The standard InChI is InChI=1S/C12H13ClFN5O/c13-10-9(15)11(19-12(16)18-10)17-4-5-20-8-3-1-2-7(14)6-8/h1-3,6H,4-5,15H2,(H3,16,17,18,19). The lowest BCUT2D eigenvalue weighted by Gasteiger charge is -2.10. The zero-order valence-corrected chi connectivity index (χ0v) is 11.2. The molecule has 2 aromatic rings. The number of halogens is 2. The Labute approximate surface area is 119 Å². The molecular formula is C12H13ClFN5O. The number of hydrogen-bond donors (Lipinski definition) is 3. The molecule has 20 heavy (non-hydrogen) atoms. The van der Waals surface area contributed by atoms with Crippen LogP contribution in [0.3, 0.4) is 0 Å². The molecule has 0 saturated carbocycles. The molecule has 0 aliphatic carbocycles. The average molecular weight is 298 g/mol. The fourth-order valence-corrected chi connectivity index (χ4v) is 1.66. The molecule has 8 heteroatoms. The van der Waals surface area contributed by atoms with Crippen molar-refractivity contribution in [1.82, 2.24) is 9.97 Å². The highest BCUT2D eigenvalue weighted by Crippen LogP contribution is 2.24. The van der Waals surface area contributed by atoms with Gasteiger partial charge in [0.2, 0.25) is 5.95 Å². The molecule has 1 aromatic heterocycles. The summed E-state index contributed by atoms with van der Waals surface area (Å²) in [5.74, 6) is 0.457. The van der Waals surface area contributed by atoms with E-state index in [0.29, 0.717) is 24.7 Å². The molecule has 1 aromatic carbocycles. The number of nitrogen functional groups attached to an aromatic ring is 2. The molecule has 0 fully saturated rings. The molecule has 6 nitrogen and oxygen atoms in total. The van der Waals surface area contributed by atoms with E-state index < -0.39 is 0 Å². The highest BCUT2D eigenvalue weighted by Gasteiger charge is 2.08. The van der Waals surface area contributed by atoms with Crippen LogP contribution in [0.1, 0.15) is 0 Å². The first-order valence-electron chi connectivity index (χ1n) is 5.77. The average Bonchev–Trinajstić information content (AvgIpc) is 2.40. The Morgan fingerprint density at radius 3 is 2.85 bits per heavy atom. The molecule has 0 unspecified atom stereocenters. The van der Waals surface area contributed by atoms with Crippen molar-refractivity contribution in [1.29, 1.82) is 0 Å². The van der Waals surface area contributed by atoms with Crippen LogP contribution in [0.15, 0.2) is 24.3 Å².